The van der Waals surface area contributed by atoms with E-state index in [1.807, 2.05) is 0 Å². The third-order valence-electron chi connectivity index (χ3n) is 3.63. The van der Waals surface area contributed by atoms with Crippen molar-refractivity contribution in [1.29, 1.82) is 0 Å². The smallest absolute Gasteiger partial charge is 0.333 e. The first-order valence-corrected chi connectivity index (χ1v) is 6.66. The van der Waals surface area contributed by atoms with E-state index in [0.29, 0.717) is 18.1 Å². The Morgan fingerprint density at radius 2 is 1.94 bits per heavy atom. The van der Waals surface area contributed by atoms with Crippen LogP contribution in [0.3, 0.4) is 0 Å². The molecule has 0 aromatic carbocycles. The Morgan fingerprint density at radius 1 is 1.35 bits per heavy atom. The highest BCUT2D eigenvalue weighted by Gasteiger charge is 2.29. The van der Waals surface area contributed by atoms with Crippen LogP contribution in [-0.2, 0) is 9.53 Å². The normalized spacial score (nSPS) is 14.5. The van der Waals surface area contributed by atoms with Crippen LogP contribution >= 0.6 is 0 Å². The molecule has 0 heterocycles. The number of esters is 1. The molecule has 100 valence electrons. The van der Waals surface area contributed by atoms with Crippen molar-refractivity contribution in [3.05, 3.63) is 12.2 Å². The molecule has 0 fully saturated rings. The first kappa shape index (κ1) is 16.2. The number of carbonyl (C=O) groups is 1. The third kappa shape index (κ3) is 5.90. The summed E-state index contributed by atoms with van der Waals surface area (Å²) in [6.07, 6.45) is 4.79. The highest BCUT2D eigenvalue weighted by molar-refractivity contribution is 5.86. The summed E-state index contributed by atoms with van der Waals surface area (Å²) >= 11 is 0. The van der Waals surface area contributed by atoms with E-state index in [2.05, 4.69) is 34.3 Å². The highest BCUT2D eigenvalue weighted by Crippen LogP contribution is 2.33. The molecule has 0 bridgehead atoms. The predicted molar refractivity (Wildman–Crippen MR) is 72.9 cm³/mol. The molecule has 0 N–H and O–H groups in total. The van der Waals surface area contributed by atoms with E-state index in [1.165, 1.54) is 19.3 Å². The van der Waals surface area contributed by atoms with Crippen molar-refractivity contribution < 1.29 is 9.53 Å². The number of carbonyl (C=O) groups excluding carboxylic acids is 1. The summed E-state index contributed by atoms with van der Waals surface area (Å²) < 4.78 is 5.32. The maximum absolute atomic E-state index is 11.4. The van der Waals surface area contributed by atoms with Gasteiger partial charge in [-0.25, -0.2) is 4.79 Å². The minimum Gasteiger partial charge on any atom is -0.462 e. The van der Waals surface area contributed by atoms with Crippen LogP contribution < -0.4 is 0 Å². The van der Waals surface area contributed by atoms with Gasteiger partial charge in [0.2, 0.25) is 0 Å². The first-order valence-electron chi connectivity index (χ1n) is 6.66. The van der Waals surface area contributed by atoms with E-state index in [4.69, 9.17) is 4.74 Å². The Balaban J connectivity index is 4.30. The second-order valence-electron chi connectivity index (χ2n) is 5.62. The molecule has 2 heteroatoms. The van der Waals surface area contributed by atoms with Gasteiger partial charge in [-0.2, -0.15) is 0 Å². The molecule has 0 saturated carbocycles. The van der Waals surface area contributed by atoms with Crippen LogP contribution in [0.2, 0.25) is 0 Å². The van der Waals surface area contributed by atoms with E-state index < -0.39 is 0 Å². The van der Waals surface area contributed by atoms with Gasteiger partial charge in [0.25, 0.3) is 0 Å². The van der Waals surface area contributed by atoms with Gasteiger partial charge in [-0.1, -0.05) is 53.5 Å². The molecule has 0 aromatic heterocycles. The van der Waals surface area contributed by atoms with Crippen molar-refractivity contribution in [3.8, 4) is 0 Å². The molecule has 0 radical (unpaired) electrons. The number of rotatable bonds is 8. The number of unbranched alkanes of at least 4 members (excludes halogenated alkanes) is 2. The van der Waals surface area contributed by atoms with E-state index in [1.54, 1.807) is 6.92 Å². The zero-order chi connectivity index (χ0) is 13.5. The van der Waals surface area contributed by atoms with Crippen molar-refractivity contribution >= 4 is 5.97 Å². The Kier molecular flexibility index (Phi) is 7.17. The van der Waals surface area contributed by atoms with Crippen LogP contribution in [0, 0.1) is 11.3 Å². The number of hydrogen-bond acceptors (Lipinski definition) is 2. The molecule has 0 aliphatic heterocycles. The lowest BCUT2D eigenvalue weighted by atomic mass is 9.76. The topological polar surface area (TPSA) is 26.3 Å². The maximum atomic E-state index is 11.4. The Labute approximate surface area is 106 Å². The van der Waals surface area contributed by atoms with Crippen LogP contribution in [0.25, 0.3) is 0 Å². The van der Waals surface area contributed by atoms with Gasteiger partial charge < -0.3 is 4.74 Å². The zero-order valence-electron chi connectivity index (χ0n) is 12.1. The molecule has 0 spiro atoms. The summed E-state index contributed by atoms with van der Waals surface area (Å²) in [7, 11) is 0. The fourth-order valence-electron chi connectivity index (χ4n) is 1.66. The quantitative estimate of drug-likeness (QED) is 0.358. The van der Waals surface area contributed by atoms with E-state index in [0.717, 1.165) is 6.42 Å². The fourth-order valence-corrected chi connectivity index (χ4v) is 1.66. The molecular formula is C15H28O2. The summed E-state index contributed by atoms with van der Waals surface area (Å²) in [6, 6.07) is 0. The van der Waals surface area contributed by atoms with Crippen molar-refractivity contribution in [2.75, 3.05) is 6.61 Å². The Morgan fingerprint density at radius 3 is 2.35 bits per heavy atom. The van der Waals surface area contributed by atoms with E-state index in [9.17, 15) is 4.79 Å². The van der Waals surface area contributed by atoms with Gasteiger partial charge >= 0.3 is 5.97 Å². The van der Waals surface area contributed by atoms with Gasteiger partial charge in [0.15, 0.2) is 0 Å². The Bertz CT molecular complexity index is 256. The molecule has 0 amide bonds. The molecule has 0 saturated heterocycles. The average Bonchev–Trinajstić information content (AvgIpc) is 2.25. The fraction of sp³-hybridized carbons (Fsp3) is 0.800. The molecule has 0 aliphatic carbocycles. The van der Waals surface area contributed by atoms with Crippen molar-refractivity contribution in [1.82, 2.24) is 0 Å². The van der Waals surface area contributed by atoms with Crippen molar-refractivity contribution in [2.45, 2.75) is 60.3 Å². The van der Waals surface area contributed by atoms with Crippen molar-refractivity contribution in [3.63, 3.8) is 0 Å². The SMILES string of the molecule is C=C(C)C(=O)OCC(C)(CCCCC)C(C)C. The predicted octanol–water partition coefficient (Wildman–Crippen LogP) is 4.35. The second kappa shape index (κ2) is 7.52. The minimum atomic E-state index is -0.271. The molecular weight excluding hydrogens is 212 g/mol. The average molecular weight is 240 g/mol. The van der Waals surface area contributed by atoms with Gasteiger partial charge in [-0.3, -0.25) is 0 Å². The summed E-state index contributed by atoms with van der Waals surface area (Å²) in [5.41, 5.74) is 0.560. The molecule has 0 rings (SSSR count). The highest BCUT2D eigenvalue weighted by atomic mass is 16.5. The van der Waals surface area contributed by atoms with Gasteiger partial charge in [0.1, 0.15) is 0 Å². The molecule has 0 aliphatic rings. The molecule has 2 nitrogen and oxygen atoms in total. The largest absolute Gasteiger partial charge is 0.462 e. The third-order valence-corrected chi connectivity index (χ3v) is 3.63. The summed E-state index contributed by atoms with van der Waals surface area (Å²) in [6.45, 7) is 14.6. The first-order chi connectivity index (χ1) is 7.83. The maximum Gasteiger partial charge on any atom is 0.333 e. The van der Waals surface area contributed by atoms with Crippen LogP contribution in [-0.4, -0.2) is 12.6 Å². The van der Waals surface area contributed by atoms with Gasteiger partial charge in [-0.05, 0) is 19.3 Å². The lowest BCUT2D eigenvalue weighted by Gasteiger charge is -2.33. The van der Waals surface area contributed by atoms with Crippen LogP contribution in [0.15, 0.2) is 12.2 Å². The van der Waals surface area contributed by atoms with Gasteiger partial charge in [0, 0.05) is 11.0 Å². The number of ether oxygens (including phenoxy) is 1. The second-order valence-corrected chi connectivity index (χ2v) is 5.62. The summed E-state index contributed by atoms with van der Waals surface area (Å²) in [4.78, 5) is 11.4. The summed E-state index contributed by atoms with van der Waals surface area (Å²) in [5.74, 6) is 0.240. The molecule has 1 unspecified atom stereocenters. The monoisotopic (exact) mass is 240 g/mol. The number of hydrogen-bond donors (Lipinski definition) is 0. The molecule has 17 heavy (non-hydrogen) atoms. The molecule has 0 aromatic rings. The van der Waals surface area contributed by atoms with Crippen molar-refractivity contribution in [2.24, 2.45) is 11.3 Å². The van der Waals surface area contributed by atoms with E-state index >= 15 is 0 Å². The summed E-state index contributed by atoms with van der Waals surface area (Å²) in [5, 5.41) is 0. The van der Waals surface area contributed by atoms with Crippen LogP contribution in [0.5, 0.6) is 0 Å². The zero-order valence-corrected chi connectivity index (χ0v) is 12.1. The van der Waals surface area contributed by atoms with Gasteiger partial charge in [-0.15, -0.1) is 0 Å². The van der Waals surface area contributed by atoms with E-state index in [-0.39, 0.29) is 11.4 Å². The minimum absolute atomic E-state index is 0.0836. The van der Waals surface area contributed by atoms with Crippen LogP contribution in [0.4, 0.5) is 0 Å². The lowest BCUT2D eigenvalue weighted by molar-refractivity contribution is -0.143. The standard InChI is InChI=1S/C15H28O2/c1-7-8-9-10-15(6,13(4)5)11-17-14(16)12(2)3/h13H,2,7-11H2,1,3-6H3. The lowest BCUT2D eigenvalue weighted by Crippen LogP contribution is -2.30. The van der Waals surface area contributed by atoms with Crippen LogP contribution in [0.1, 0.15) is 60.3 Å². The Hall–Kier alpha value is -0.790. The molecule has 1 atom stereocenters. The van der Waals surface area contributed by atoms with Gasteiger partial charge in [0.05, 0.1) is 6.61 Å².